The average Bonchev–Trinajstić information content (AvgIpc) is 2.92. The first-order valence-corrected chi connectivity index (χ1v) is 7.19. The first kappa shape index (κ1) is 13.8. The Bertz CT molecular complexity index is 578. The van der Waals surface area contributed by atoms with Crippen molar-refractivity contribution in [1.82, 2.24) is 19.7 Å². The summed E-state index contributed by atoms with van der Waals surface area (Å²) >= 11 is 0. The van der Waals surface area contributed by atoms with Gasteiger partial charge in [0.1, 0.15) is 5.82 Å². The van der Waals surface area contributed by atoms with Crippen molar-refractivity contribution in [3.05, 3.63) is 30.2 Å². The molecule has 3 rings (SSSR count). The van der Waals surface area contributed by atoms with Crippen molar-refractivity contribution in [2.75, 3.05) is 23.8 Å². The first-order chi connectivity index (χ1) is 10.3. The zero-order valence-electron chi connectivity index (χ0n) is 12.1. The van der Waals surface area contributed by atoms with Crippen molar-refractivity contribution in [2.24, 2.45) is 7.05 Å². The average molecular weight is 288 g/mol. The summed E-state index contributed by atoms with van der Waals surface area (Å²) < 4.78 is 7.29. The minimum Gasteiger partial charge on any atom is -0.379 e. The van der Waals surface area contributed by atoms with Crippen LogP contribution in [0.25, 0.3) is 0 Å². The molecule has 0 amide bonds. The Hall–Kier alpha value is -2.15. The van der Waals surface area contributed by atoms with Gasteiger partial charge in [0.05, 0.1) is 24.9 Å². The summed E-state index contributed by atoms with van der Waals surface area (Å²) in [5.74, 6) is 1.44. The standard InChI is InChI=1S/C14H20N6O/c1-20-12(4-7-17-20)9-16-14-15-6-5-13(19-14)18-11-3-2-8-21-10-11/h4-7,11H,2-3,8-10H2,1H3,(H2,15,16,18,19)/t11-/m1/s1. The van der Waals surface area contributed by atoms with E-state index in [1.54, 1.807) is 12.4 Å². The van der Waals surface area contributed by atoms with Gasteiger partial charge in [0.25, 0.3) is 0 Å². The summed E-state index contributed by atoms with van der Waals surface area (Å²) in [4.78, 5) is 8.72. The van der Waals surface area contributed by atoms with Crippen molar-refractivity contribution in [3.8, 4) is 0 Å². The lowest BCUT2D eigenvalue weighted by Crippen LogP contribution is -2.30. The molecule has 0 aliphatic carbocycles. The molecular weight excluding hydrogens is 268 g/mol. The quantitative estimate of drug-likeness (QED) is 0.866. The first-order valence-electron chi connectivity index (χ1n) is 7.19. The molecule has 0 unspecified atom stereocenters. The molecule has 21 heavy (non-hydrogen) atoms. The fourth-order valence-corrected chi connectivity index (χ4v) is 2.33. The second-order valence-electron chi connectivity index (χ2n) is 5.12. The van der Waals surface area contributed by atoms with Crippen LogP contribution in [-0.2, 0) is 18.3 Å². The molecule has 112 valence electrons. The second-order valence-corrected chi connectivity index (χ2v) is 5.12. The Kier molecular flexibility index (Phi) is 4.30. The number of nitrogens with one attached hydrogen (secondary N) is 2. The van der Waals surface area contributed by atoms with Gasteiger partial charge >= 0.3 is 0 Å². The number of nitrogens with zero attached hydrogens (tertiary/aromatic N) is 4. The van der Waals surface area contributed by atoms with Crippen LogP contribution in [0.3, 0.4) is 0 Å². The monoisotopic (exact) mass is 288 g/mol. The molecule has 0 bridgehead atoms. The Morgan fingerprint density at radius 3 is 3.10 bits per heavy atom. The van der Waals surface area contributed by atoms with Crippen molar-refractivity contribution in [1.29, 1.82) is 0 Å². The number of hydrogen-bond donors (Lipinski definition) is 2. The molecular formula is C14H20N6O. The maximum absolute atomic E-state index is 5.46. The van der Waals surface area contributed by atoms with Crippen molar-refractivity contribution in [3.63, 3.8) is 0 Å². The normalized spacial score (nSPS) is 18.4. The molecule has 1 aliphatic rings. The highest BCUT2D eigenvalue weighted by Crippen LogP contribution is 2.13. The van der Waals surface area contributed by atoms with E-state index in [1.165, 1.54) is 0 Å². The molecule has 2 aromatic rings. The van der Waals surface area contributed by atoms with Gasteiger partial charge < -0.3 is 15.4 Å². The van der Waals surface area contributed by atoms with E-state index in [-0.39, 0.29) is 0 Å². The maximum atomic E-state index is 5.46. The summed E-state index contributed by atoms with van der Waals surface area (Å²) in [6.07, 6.45) is 5.74. The lowest BCUT2D eigenvalue weighted by atomic mass is 10.1. The fraction of sp³-hybridized carbons (Fsp3) is 0.500. The largest absolute Gasteiger partial charge is 0.379 e. The van der Waals surface area contributed by atoms with Gasteiger partial charge in [0.15, 0.2) is 0 Å². The van der Waals surface area contributed by atoms with Crippen molar-refractivity contribution >= 4 is 11.8 Å². The van der Waals surface area contributed by atoms with Crippen LogP contribution in [0.2, 0.25) is 0 Å². The van der Waals surface area contributed by atoms with Gasteiger partial charge in [-0.05, 0) is 25.0 Å². The Morgan fingerprint density at radius 1 is 1.38 bits per heavy atom. The molecule has 1 fully saturated rings. The third-order valence-electron chi connectivity index (χ3n) is 3.52. The minimum absolute atomic E-state index is 0.332. The lowest BCUT2D eigenvalue weighted by molar-refractivity contribution is 0.0875. The Labute approximate surface area is 123 Å². The van der Waals surface area contributed by atoms with Crippen LogP contribution in [0.1, 0.15) is 18.5 Å². The van der Waals surface area contributed by atoms with Crippen LogP contribution >= 0.6 is 0 Å². The highest BCUT2D eigenvalue weighted by atomic mass is 16.5. The molecule has 0 radical (unpaired) electrons. The molecule has 1 aliphatic heterocycles. The van der Waals surface area contributed by atoms with Crippen LogP contribution in [0.4, 0.5) is 11.8 Å². The van der Waals surface area contributed by atoms with Gasteiger partial charge in [-0.25, -0.2) is 4.98 Å². The third kappa shape index (κ3) is 3.69. The molecule has 2 aromatic heterocycles. The zero-order valence-corrected chi connectivity index (χ0v) is 12.1. The lowest BCUT2D eigenvalue weighted by Gasteiger charge is -2.23. The number of aromatic nitrogens is 4. The molecule has 0 spiro atoms. The Morgan fingerprint density at radius 2 is 2.33 bits per heavy atom. The van der Waals surface area contributed by atoms with Crippen molar-refractivity contribution in [2.45, 2.75) is 25.4 Å². The molecule has 7 nitrogen and oxygen atoms in total. The second kappa shape index (κ2) is 6.53. The van der Waals surface area contributed by atoms with E-state index < -0.39 is 0 Å². The van der Waals surface area contributed by atoms with E-state index in [1.807, 2.05) is 23.9 Å². The minimum atomic E-state index is 0.332. The zero-order chi connectivity index (χ0) is 14.5. The maximum Gasteiger partial charge on any atom is 0.224 e. The van der Waals surface area contributed by atoms with E-state index in [4.69, 9.17) is 4.74 Å². The van der Waals surface area contributed by atoms with Crippen LogP contribution < -0.4 is 10.6 Å². The van der Waals surface area contributed by atoms with Gasteiger partial charge in [-0.15, -0.1) is 0 Å². The molecule has 0 saturated carbocycles. The Balaban J connectivity index is 1.58. The van der Waals surface area contributed by atoms with Crippen LogP contribution in [0.5, 0.6) is 0 Å². The highest BCUT2D eigenvalue weighted by Gasteiger charge is 2.14. The molecule has 0 aromatic carbocycles. The number of aryl methyl sites for hydroxylation is 1. The predicted molar refractivity (Wildman–Crippen MR) is 80.0 cm³/mol. The molecule has 7 heteroatoms. The van der Waals surface area contributed by atoms with Gasteiger partial charge in [-0.2, -0.15) is 10.1 Å². The summed E-state index contributed by atoms with van der Waals surface area (Å²) in [5.41, 5.74) is 1.08. The van der Waals surface area contributed by atoms with Gasteiger partial charge in [-0.1, -0.05) is 0 Å². The molecule has 3 heterocycles. The summed E-state index contributed by atoms with van der Waals surface area (Å²) in [5, 5.41) is 10.7. The number of hydrogen-bond acceptors (Lipinski definition) is 6. The van der Waals surface area contributed by atoms with Crippen LogP contribution in [-0.4, -0.2) is 39.0 Å². The smallest absolute Gasteiger partial charge is 0.224 e. The van der Waals surface area contributed by atoms with Crippen LogP contribution in [0.15, 0.2) is 24.5 Å². The number of anilines is 2. The summed E-state index contributed by atoms with van der Waals surface area (Å²) in [6, 6.07) is 4.18. The van der Waals surface area contributed by atoms with Gasteiger partial charge in [0, 0.05) is 26.0 Å². The molecule has 1 atom stereocenters. The molecule has 1 saturated heterocycles. The SMILES string of the molecule is Cn1nccc1CNc1nccc(N[C@@H]2CCCOC2)n1. The van der Waals surface area contributed by atoms with Crippen molar-refractivity contribution < 1.29 is 4.74 Å². The number of rotatable bonds is 5. The predicted octanol–water partition coefficient (Wildman–Crippen LogP) is 1.41. The van der Waals surface area contributed by atoms with Crippen LogP contribution in [0, 0.1) is 0 Å². The van der Waals surface area contributed by atoms with E-state index in [2.05, 4.69) is 25.7 Å². The van der Waals surface area contributed by atoms with E-state index in [9.17, 15) is 0 Å². The molecule has 2 N–H and O–H groups in total. The van der Waals surface area contributed by atoms with E-state index >= 15 is 0 Å². The summed E-state index contributed by atoms with van der Waals surface area (Å²) in [7, 11) is 1.92. The topological polar surface area (TPSA) is 76.9 Å². The third-order valence-corrected chi connectivity index (χ3v) is 3.52. The fourth-order valence-electron chi connectivity index (χ4n) is 2.33. The number of ether oxygens (including phenoxy) is 1. The summed E-state index contributed by atoms with van der Waals surface area (Å²) in [6.45, 7) is 2.24. The highest BCUT2D eigenvalue weighted by molar-refractivity contribution is 5.40. The van der Waals surface area contributed by atoms with E-state index in [0.717, 1.165) is 37.6 Å². The van der Waals surface area contributed by atoms with Gasteiger partial charge in [-0.3, -0.25) is 4.68 Å². The van der Waals surface area contributed by atoms with Gasteiger partial charge in [0.2, 0.25) is 5.95 Å². The van der Waals surface area contributed by atoms with E-state index in [0.29, 0.717) is 18.5 Å².